The van der Waals surface area contributed by atoms with Crippen LogP contribution in [-0.2, 0) is 16.6 Å². The molecule has 0 radical (unpaired) electrons. The van der Waals surface area contributed by atoms with Gasteiger partial charge in [-0.3, -0.25) is 0 Å². The minimum atomic E-state index is -3.68. The summed E-state index contributed by atoms with van der Waals surface area (Å²) >= 11 is 3.24. The molecule has 0 aliphatic carbocycles. The van der Waals surface area contributed by atoms with Crippen molar-refractivity contribution in [2.75, 3.05) is 0 Å². The van der Waals surface area contributed by atoms with Gasteiger partial charge < -0.3 is 5.11 Å². The highest BCUT2D eigenvalue weighted by molar-refractivity contribution is 9.10. The van der Waals surface area contributed by atoms with E-state index in [9.17, 15) is 8.42 Å². The fourth-order valence-electron chi connectivity index (χ4n) is 1.96. The highest BCUT2D eigenvalue weighted by Gasteiger charge is 2.21. The second-order valence-corrected chi connectivity index (χ2v) is 7.21. The standard InChI is InChI=1S/C15H16BrNO3S/c1-11(13-5-3-2-4-6-13)17-21(19,20)15-9-12(10-18)7-8-14(15)16/h2-9,11,17-18H,10H2,1H3. The lowest BCUT2D eigenvalue weighted by Crippen LogP contribution is -2.27. The summed E-state index contributed by atoms with van der Waals surface area (Å²) in [6, 6.07) is 13.7. The van der Waals surface area contributed by atoms with E-state index in [0.29, 0.717) is 10.0 Å². The molecule has 0 fully saturated rings. The number of aliphatic hydroxyl groups is 1. The van der Waals surface area contributed by atoms with E-state index < -0.39 is 10.0 Å². The number of sulfonamides is 1. The van der Waals surface area contributed by atoms with Crippen molar-refractivity contribution in [2.24, 2.45) is 0 Å². The Bertz CT molecular complexity index is 717. The van der Waals surface area contributed by atoms with E-state index in [0.717, 1.165) is 5.56 Å². The van der Waals surface area contributed by atoms with Gasteiger partial charge in [-0.05, 0) is 46.1 Å². The van der Waals surface area contributed by atoms with Crippen LogP contribution in [0.25, 0.3) is 0 Å². The zero-order valence-electron chi connectivity index (χ0n) is 11.5. The van der Waals surface area contributed by atoms with Crippen LogP contribution in [0.3, 0.4) is 0 Å². The van der Waals surface area contributed by atoms with E-state index in [4.69, 9.17) is 5.11 Å². The van der Waals surface area contributed by atoms with Crippen molar-refractivity contribution in [1.82, 2.24) is 4.72 Å². The van der Waals surface area contributed by atoms with Gasteiger partial charge in [0.1, 0.15) is 0 Å². The van der Waals surface area contributed by atoms with Gasteiger partial charge >= 0.3 is 0 Å². The molecular weight excluding hydrogens is 354 g/mol. The molecule has 2 N–H and O–H groups in total. The van der Waals surface area contributed by atoms with Crippen LogP contribution in [0.15, 0.2) is 57.9 Å². The molecule has 0 aliphatic rings. The van der Waals surface area contributed by atoms with E-state index in [1.165, 1.54) is 6.07 Å². The topological polar surface area (TPSA) is 66.4 Å². The zero-order valence-corrected chi connectivity index (χ0v) is 13.9. The third kappa shape index (κ3) is 3.91. The molecule has 0 aliphatic heterocycles. The molecule has 4 nitrogen and oxygen atoms in total. The maximum Gasteiger partial charge on any atom is 0.242 e. The lowest BCUT2D eigenvalue weighted by molar-refractivity contribution is 0.281. The average Bonchev–Trinajstić information content (AvgIpc) is 2.48. The smallest absolute Gasteiger partial charge is 0.242 e. The summed E-state index contributed by atoms with van der Waals surface area (Å²) in [5.41, 5.74) is 1.43. The summed E-state index contributed by atoms with van der Waals surface area (Å²) in [6.45, 7) is 1.58. The largest absolute Gasteiger partial charge is 0.392 e. The lowest BCUT2D eigenvalue weighted by atomic mass is 10.1. The molecule has 2 rings (SSSR count). The number of hydrogen-bond acceptors (Lipinski definition) is 3. The van der Waals surface area contributed by atoms with Gasteiger partial charge in [0.15, 0.2) is 0 Å². The van der Waals surface area contributed by atoms with Gasteiger partial charge in [-0.2, -0.15) is 0 Å². The highest BCUT2D eigenvalue weighted by Crippen LogP contribution is 2.25. The molecule has 21 heavy (non-hydrogen) atoms. The third-order valence-corrected chi connectivity index (χ3v) is 5.63. The van der Waals surface area contributed by atoms with E-state index in [1.807, 2.05) is 30.3 Å². The number of hydrogen-bond donors (Lipinski definition) is 2. The Balaban J connectivity index is 2.30. The normalized spacial score (nSPS) is 13.1. The highest BCUT2D eigenvalue weighted by atomic mass is 79.9. The summed E-state index contributed by atoms with van der Waals surface area (Å²) in [5, 5.41) is 9.15. The maximum atomic E-state index is 12.5. The molecule has 0 heterocycles. The molecule has 0 saturated carbocycles. The summed E-state index contributed by atoms with van der Waals surface area (Å²) in [4.78, 5) is 0.122. The molecular formula is C15H16BrNO3S. The predicted molar refractivity (Wildman–Crippen MR) is 85.2 cm³/mol. The Kier molecular flexibility index (Phi) is 5.16. The van der Waals surface area contributed by atoms with Crippen LogP contribution >= 0.6 is 15.9 Å². The zero-order chi connectivity index (χ0) is 15.5. The summed E-state index contributed by atoms with van der Waals surface area (Å²) < 4.78 is 28.1. The molecule has 0 spiro atoms. The van der Waals surface area contributed by atoms with Gasteiger partial charge in [-0.15, -0.1) is 0 Å². The SMILES string of the molecule is CC(NS(=O)(=O)c1cc(CO)ccc1Br)c1ccccc1. The summed E-state index contributed by atoms with van der Waals surface area (Å²) in [6.07, 6.45) is 0. The predicted octanol–water partition coefficient (Wildman–Crippen LogP) is 2.98. The van der Waals surface area contributed by atoms with Crippen LogP contribution in [0.1, 0.15) is 24.1 Å². The molecule has 1 atom stereocenters. The second-order valence-electron chi connectivity index (χ2n) is 4.68. The first kappa shape index (κ1) is 16.2. The van der Waals surface area contributed by atoms with E-state index in [2.05, 4.69) is 20.7 Å². The molecule has 2 aromatic rings. The number of halogens is 1. The number of benzene rings is 2. The average molecular weight is 370 g/mol. The van der Waals surface area contributed by atoms with Crippen molar-refractivity contribution in [3.63, 3.8) is 0 Å². The fraction of sp³-hybridized carbons (Fsp3) is 0.200. The fourth-order valence-corrected chi connectivity index (χ4v) is 4.20. The maximum absolute atomic E-state index is 12.5. The Hall–Kier alpha value is -1.21. The minimum Gasteiger partial charge on any atom is -0.392 e. The summed E-state index contributed by atoms with van der Waals surface area (Å²) in [5.74, 6) is 0. The van der Waals surface area contributed by atoms with Gasteiger partial charge in [0.05, 0.1) is 11.5 Å². The molecule has 6 heteroatoms. The van der Waals surface area contributed by atoms with Gasteiger partial charge in [0.25, 0.3) is 0 Å². The van der Waals surface area contributed by atoms with Gasteiger partial charge in [0.2, 0.25) is 10.0 Å². The van der Waals surface area contributed by atoms with Crippen LogP contribution in [0.5, 0.6) is 0 Å². The first-order chi connectivity index (χ1) is 9.94. The Morgan fingerprint density at radius 3 is 2.48 bits per heavy atom. The van der Waals surface area contributed by atoms with Crippen LogP contribution in [0.4, 0.5) is 0 Å². The molecule has 0 saturated heterocycles. The quantitative estimate of drug-likeness (QED) is 0.851. The lowest BCUT2D eigenvalue weighted by Gasteiger charge is -2.16. The minimum absolute atomic E-state index is 0.122. The second kappa shape index (κ2) is 6.70. The third-order valence-electron chi connectivity index (χ3n) is 3.10. The van der Waals surface area contributed by atoms with Crippen molar-refractivity contribution in [3.8, 4) is 0 Å². The van der Waals surface area contributed by atoms with E-state index in [-0.39, 0.29) is 17.5 Å². The van der Waals surface area contributed by atoms with Gasteiger partial charge in [0, 0.05) is 10.5 Å². The van der Waals surface area contributed by atoms with Crippen LogP contribution in [0.2, 0.25) is 0 Å². The van der Waals surface area contributed by atoms with Crippen molar-refractivity contribution in [2.45, 2.75) is 24.5 Å². The van der Waals surface area contributed by atoms with Crippen LogP contribution < -0.4 is 4.72 Å². The van der Waals surface area contributed by atoms with Gasteiger partial charge in [-0.25, -0.2) is 13.1 Å². The van der Waals surface area contributed by atoms with Crippen molar-refractivity contribution in [3.05, 3.63) is 64.1 Å². The number of rotatable bonds is 5. The van der Waals surface area contributed by atoms with Crippen molar-refractivity contribution < 1.29 is 13.5 Å². The number of nitrogens with one attached hydrogen (secondary N) is 1. The van der Waals surface area contributed by atoms with E-state index >= 15 is 0 Å². The van der Waals surface area contributed by atoms with Crippen LogP contribution in [-0.4, -0.2) is 13.5 Å². The molecule has 2 aromatic carbocycles. The first-order valence-electron chi connectivity index (χ1n) is 6.40. The Morgan fingerprint density at radius 2 is 1.86 bits per heavy atom. The monoisotopic (exact) mass is 369 g/mol. The molecule has 0 aromatic heterocycles. The molecule has 0 bridgehead atoms. The Morgan fingerprint density at radius 1 is 1.19 bits per heavy atom. The van der Waals surface area contributed by atoms with E-state index in [1.54, 1.807) is 19.1 Å². The van der Waals surface area contributed by atoms with Crippen molar-refractivity contribution >= 4 is 26.0 Å². The molecule has 0 amide bonds. The molecule has 1 unspecified atom stereocenters. The molecule has 112 valence electrons. The van der Waals surface area contributed by atoms with Crippen LogP contribution in [0, 0.1) is 0 Å². The summed E-state index contributed by atoms with van der Waals surface area (Å²) in [7, 11) is -3.68. The Labute approximate surface area is 133 Å². The number of aliphatic hydroxyl groups excluding tert-OH is 1. The van der Waals surface area contributed by atoms with Crippen molar-refractivity contribution in [1.29, 1.82) is 0 Å². The van der Waals surface area contributed by atoms with Gasteiger partial charge in [-0.1, -0.05) is 36.4 Å². The first-order valence-corrected chi connectivity index (χ1v) is 8.68.